The standard InChI is InChI=1S/C14H15N5/c1-9-4-10(2)6-12(5-9)19-14-7-13(16-8-15)17-11(3)18-14/h4-7H,1-3H3,(H2,16,17,18,19). The quantitative estimate of drug-likeness (QED) is 0.649. The molecule has 0 spiro atoms. The molecule has 1 aromatic heterocycles. The highest BCUT2D eigenvalue weighted by molar-refractivity contribution is 5.61. The van der Waals surface area contributed by atoms with Crippen molar-refractivity contribution in [2.24, 2.45) is 0 Å². The topological polar surface area (TPSA) is 73.6 Å². The predicted molar refractivity (Wildman–Crippen MR) is 75.2 cm³/mol. The van der Waals surface area contributed by atoms with Crippen LogP contribution in [-0.4, -0.2) is 9.97 Å². The van der Waals surface area contributed by atoms with E-state index in [1.165, 1.54) is 11.1 Å². The second-order valence-electron chi connectivity index (χ2n) is 4.42. The molecule has 0 radical (unpaired) electrons. The molecule has 96 valence electrons. The van der Waals surface area contributed by atoms with Gasteiger partial charge in [0.25, 0.3) is 0 Å². The number of nitriles is 1. The first-order valence-corrected chi connectivity index (χ1v) is 5.93. The summed E-state index contributed by atoms with van der Waals surface area (Å²) >= 11 is 0. The lowest BCUT2D eigenvalue weighted by molar-refractivity contribution is 1.06. The van der Waals surface area contributed by atoms with Gasteiger partial charge < -0.3 is 5.32 Å². The Morgan fingerprint density at radius 1 is 0.947 bits per heavy atom. The molecule has 0 saturated heterocycles. The summed E-state index contributed by atoms with van der Waals surface area (Å²) in [6.07, 6.45) is 1.85. The van der Waals surface area contributed by atoms with Crippen LogP contribution in [-0.2, 0) is 0 Å². The van der Waals surface area contributed by atoms with Gasteiger partial charge in [0.05, 0.1) is 0 Å². The van der Waals surface area contributed by atoms with Crippen LogP contribution in [0.4, 0.5) is 17.3 Å². The highest BCUT2D eigenvalue weighted by atomic mass is 15.1. The Morgan fingerprint density at radius 2 is 1.58 bits per heavy atom. The van der Waals surface area contributed by atoms with E-state index < -0.39 is 0 Å². The van der Waals surface area contributed by atoms with Gasteiger partial charge in [0.1, 0.15) is 17.5 Å². The van der Waals surface area contributed by atoms with Crippen LogP contribution in [0.2, 0.25) is 0 Å². The van der Waals surface area contributed by atoms with Crippen molar-refractivity contribution >= 4 is 17.3 Å². The van der Waals surface area contributed by atoms with E-state index >= 15 is 0 Å². The molecule has 2 rings (SSSR count). The minimum atomic E-state index is 0.488. The molecule has 2 N–H and O–H groups in total. The van der Waals surface area contributed by atoms with Crippen molar-refractivity contribution < 1.29 is 0 Å². The van der Waals surface area contributed by atoms with Crippen molar-refractivity contribution in [3.05, 3.63) is 41.2 Å². The van der Waals surface area contributed by atoms with E-state index in [1.807, 2.05) is 32.2 Å². The van der Waals surface area contributed by atoms with Crippen LogP contribution < -0.4 is 10.6 Å². The summed E-state index contributed by atoms with van der Waals surface area (Å²) in [7, 11) is 0. The molecular formula is C14H15N5. The summed E-state index contributed by atoms with van der Waals surface area (Å²) in [6.45, 7) is 5.88. The second kappa shape index (κ2) is 5.36. The van der Waals surface area contributed by atoms with Crippen molar-refractivity contribution in [3.8, 4) is 6.19 Å². The summed E-state index contributed by atoms with van der Waals surface area (Å²) in [5, 5.41) is 14.4. The van der Waals surface area contributed by atoms with Gasteiger partial charge in [-0.05, 0) is 44.0 Å². The van der Waals surface area contributed by atoms with Crippen LogP contribution in [0, 0.1) is 32.2 Å². The number of rotatable bonds is 3. The van der Waals surface area contributed by atoms with Crippen molar-refractivity contribution in [1.29, 1.82) is 5.26 Å². The van der Waals surface area contributed by atoms with Crippen molar-refractivity contribution in [1.82, 2.24) is 9.97 Å². The summed E-state index contributed by atoms with van der Waals surface area (Å²) in [5.74, 6) is 1.75. The van der Waals surface area contributed by atoms with Gasteiger partial charge in [0, 0.05) is 11.8 Å². The molecular weight excluding hydrogens is 238 g/mol. The van der Waals surface area contributed by atoms with E-state index in [1.54, 1.807) is 13.0 Å². The number of hydrogen-bond acceptors (Lipinski definition) is 5. The molecule has 5 heteroatoms. The third kappa shape index (κ3) is 3.42. The molecule has 0 bridgehead atoms. The molecule has 19 heavy (non-hydrogen) atoms. The molecule has 2 aromatic rings. The molecule has 0 unspecified atom stereocenters. The van der Waals surface area contributed by atoms with Gasteiger partial charge in [-0.2, -0.15) is 5.26 Å². The fourth-order valence-electron chi connectivity index (χ4n) is 1.95. The molecule has 1 aromatic carbocycles. The zero-order chi connectivity index (χ0) is 13.8. The molecule has 0 aliphatic heterocycles. The van der Waals surface area contributed by atoms with E-state index in [-0.39, 0.29) is 0 Å². The van der Waals surface area contributed by atoms with Gasteiger partial charge >= 0.3 is 0 Å². The zero-order valence-electron chi connectivity index (χ0n) is 11.2. The monoisotopic (exact) mass is 253 g/mol. The molecule has 0 fully saturated rings. The Hall–Kier alpha value is -2.61. The zero-order valence-corrected chi connectivity index (χ0v) is 11.2. The highest BCUT2D eigenvalue weighted by Crippen LogP contribution is 2.19. The minimum Gasteiger partial charge on any atom is -0.340 e. The average Bonchev–Trinajstić information content (AvgIpc) is 2.26. The number of nitrogens with zero attached hydrogens (tertiary/aromatic N) is 3. The number of nitrogens with one attached hydrogen (secondary N) is 2. The highest BCUT2D eigenvalue weighted by Gasteiger charge is 2.03. The van der Waals surface area contributed by atoms with Crippen molar-refractivity contribution in [2.75, 3.05) is 10.6 Å². The first kappa shape index (κ1) is 12.8. The Labute approximate surface area is 112 Å². The van der Waals surface area contributed by atoms with Crippen LogP contribution in [0.25, 0.3) is 0 Å². The van der Waals surface area contributed by atoms with Gasteiger partial charge in [-0.25, -0.2) is 9.97 Å². The third-order valence-corrected chi connectivity index (χ3v) is 2.52. The van der Waals surface area contributed by atoms with Gasteiger partial charge in [0.15, 0.2) is 6.19 Å². The van der Waals surface area contributed by atoms with Crippen LogP contribution in [0.1, 0.15) is 17.0 Å². The lowest BCUT2D eigenvalue weighted by Crippen LogP contribution is -2.01. The largest absolute Gasteiger partial charge is 0.340 e. The molecule has 0 saturated carbocycles. The average molecular weight is 253 g/mol. The fraction of sp³-hybridized carbons (Fsp3) is 0.214. The Balaban J connectivity index is 2.30. The van der Waals surface area contributed by atoms with Gasteiger partial charge in [-0.15, -0.1) is 0 Å². The van der Waals surface area contributed by atoms with Crippen LogP contribution in [0.15, 0.2) is 24.3 Å². The van der Waals surface area contributed by atoms with Crippen LogP contribution in [0.5, 0.6) is 0 Å². The number of anilines is 3. The fourth-order valence-corrected chi connectivity index (χ4v) is 1.95. The third-order valence-electron chi connectivity index (χ3n) is 2.52. The Morgan fingerprint density at radius 3 is 2.21 bits per heavy atom. The maximum absolute atomic E-state index is 8.62. The number of benzene rings is 1. The van der Waals surface area contributed by atoms with Gasteiger partial charge in [-0.3, -0.25) is 5.32 Å². The second-order valence-corrected chi connectivity index (χ2v) is 4.42. The maximum Gasteiger partial charge on any atom is 0.182 e. The Bertz CT molecular complexity index is 623. The SMILES string of the molecule is Cc1cc(C)cc(Nc2cc(NC#N)nc(C)n2)c1. The first-order chi connectivity index (χ1) is 9.06. The predicted octanol–water partition coefficient (Wildman–Crippen LogP) is 3.04. The van der Waals surface area contributed by atoms with E-state index in [0.717, 1.165) is 5.69 Å². The molecule has 0 atom stereocenters. The number of aromatic nitrogens is 2. The lowest BCUT2D eigenvalue weighted by Gasteiger charge is -2.09. The summed E-state index contributed by atoms with van der Waals surface area (Å²) in [5.41, 5.74) is 3.34. The molecule has 0 aliphatic rings. The van der Waals surface area contributed by atoms with E-state index in [9.17, 15) is 0 Å². The van der Waals surface area contributed by atoms with E-state index in [4.69, 9.17) is 5.26 Å². The normalized spacial score (nSPS) is 9.79. The molecule has 5 nitrogen and oxygen atoms in total. The Kier molecular flexibility index (Phi) is 3.62. The van der Waals surface area contributed by atoms with E-state index in [2.05, 4.69) is 26.7 Å². The minimum absolute atomic E-state index is 0.488. The lowest BCUT2D eigenvalue weighted by atomic mass is 10.1. The van der Waals surface area contributed by atoms with Gasteiger partial charge in [0.2, 0.25) is 0 Å². The number of hydrogen-bond donors (Lipinski definition) is 2. The number of aryl methyl sites for hydroxylation is 3. The summed E-state index contributed by atoms with van der Waals surface area (Å²) in [4.78, 5) is 8.41. The summed E-state index contributed by atoms with van der Waals surface area (Å²) < 4.78 is 0. The smallest absolute Gasteiger partial charge is 0.182 e. The first-order valence-electron chi connectivity index (χ1n) is 5.93. The maximum atomic E-state index is 8.62. The molecule has 1 heterocycles. The van der Waals surface area contributed by atoms with Crippen molar-refractivity contribution in [2.45, 2.75) is 20.8 Å². The molecule has 0 amide bonds. The summed E-state index contributed by atoms with van der Waals surface area (Å²) in [6, 6.07) is 7.90. The van der Waals surface area contributed by atoms with Crippen LogP contribution in [0.3, 0.4) is 0 Å². The van der Waals surface area contributed by atoms with E-state index in [0.29, 0.717) is 17.5 Å². The molecule has 0 aliphatic carbocycles. The van der Waals surface area contributed by atoms with Crippen LogP contribution >= 0.6 is 0 Å². The van der Waals surface area contributed by atoms with Crippen molar-refractivity contribution in [3.63, 3.8) is 0 Å². The van der Waals surface area contributed by atoms with Gasteiger partial charge in [-0.1, -0.05) is 6.07 Å².